The number of amides is 2. The van der Waals surface area contributed by atoms with E-state index in [2.05, 4.69) is 0 Å². The van der Waals surface area contributed by atoms with Crippen molar-refractivity contribution in [3.05, 3.63) is 0 Å². The molecule has 2 atom stereocenters. The topological polar surface area (TPSA) is 85.4 Å². The Bertz CT molecular complexity index is 520. The lowest BCUT2D eigenvalue weighted by molar-refractivity contribution is -0.145. The van der Waals surface area contributed by atoms with E-state index in [9.17, 15) is 14.4 Å². The fraction of sp³-hybridized carbons (Fsp3) is 0.824. The molecule has 1 aliphatic heterocycles. The zero-order valence-corrected chi connectivity index (χ0v) is 16.4. The van der Waals surface area contributed by atoms with Gasteiger partial charge in [0.1, 0.15) is 17.2 Å². The van der Waals surface area contributed by atoms with E-state index in [0.29, 0.717) is 0 Å². The molecule has 8 heteroatoms. The van der Waals surface area contributed by atoms with Crippen LogP contribution in [-0.4, -0.2) is 71.9 Å². The highest BCUT2D eigenvalue weighted by Crippen LogP contribution is 2.26. The van der Waals surface area contributed by atoms with E-state index in [4.69, 9.17) is 14.2 Å². The number of nitrogens with zero attached hydrogens (tertiary/aromatic N) is 2. The fourth-order valence-corrected chi connectivity index (χ4v) is 2.46. The van der Waals surface area contributed by atoms with Gasteiger partial charge in [0.2, 0.25) is 0 Å². The van der Waals surface area contributed by atoms with Crippen LogP contribution in [0.15, 0.2) is 0 Å². The predicted molar refractivity (Wildman–Crippen MR) is 91.1 cm³/mol. The maximum absolute atomic E-state index is 12.4. The number of carbonyl (C=O) groups excluding carboxylic acids is 3. The van der Waals surface area contributed by atoms with E-state index in [0.717, 1.165) is 0 Å². The molecule has 0 N–H and O–H groups in total. The Hall–Kier alpha value is -1.99. The number of carbonyl (C=O) groups is 3. The molecule has 1 fully saturated rings. The van der Waals surface area contributed by atoms with Gasteiger partial charge in [-0.05, 0) is 41.5 Å². The zero-order chi connectivity index (χ0) is 19.6. The number of likely N-dealkylation sites (tertiary alicyclic amines) is 1. The minimum atomic E-state index is -0.797. The first-order valence-electron chi connectivity index (χ1n) is 8.28. The number of hydrogen-bond acceptors (Lipinski definition) is 6. The van der Waals surface area contributed by atoms with Gasteiger partial charge >= 0.3 is 18.2 Å². The fourth-order valence-electron chi connectivity index (χ4n) is 2.46. The molecule has 1 aliphatic rings. The summed E-state index contributed by atoms with van der Waals surface area (Å²) >= 11 is 0. The third kappa shape index (κ3) is 6.10. The lowest BCUT2D eigenvalue weighted by Crippen LogP contribution is -2.45. The summed E-state index contributed by atoms with van der Waals surface area (Å²) in [6.45, 7) is 10.7. The van der Waals surface area contributed by atoms with Crippen LogP contribution in [0.5, 0.6) is 0 Å². The number of likely N-dealkylation sites (N-methyl/N-ethyl adjacent to an activating group) is 1. The van der Waals surface area contributed by atoms with Crippen molar-refractivity contribution < 1.29 is 28.6 Å². The first-order chi connectivity index (χ1) is 11.2. The van der Waals surface area contributed by atoms with Crippen molar-refractivity contribution in [2.24, 2.45) is 0 Å². The molecule has 25 heavy (non-hydrogen) atoms. The van der Waals surface area contributed by atoms with Crippen molar-refractivity contribution in [1.82, 2.24) is 9.80 Å². The second-order valence-corrected chi connectivity index (χ2v) is 8.15. The summed E-state index contributed by atoms with van der Waals surface area (Å²) in [7, 11) is 2.85. The minimum absolute atomic E-state index is 0.171. The van der Waals surface area contributed by atoms with Gasteiger partial charge in [-0.3, -0.25) is 4.90 Å². The molecule has 1 rings (SSSR count). The van der Waals surface area contributed by atoms with Crippen LogP contribution < -0.4 is 0 Å². The van der Waals surface area contributed by atoms with E-state index >= 15 is 0 Å². The van der Waals surface area contributed by atoms with Gasteiger partial charge in [-0.2, -0.15) is 0 Å². The molecule has 0 bridgehead atoms. The summed E-state index contributed by atoms with van der Waals surface area (Å²) in [5, 5.41) is 0. The average molecular weight is 358 g/mol. The van der Waals surface area contributed by atoms with E-state index in [1.165, 1.54) is 16.9 Å². The largest absolute Gasteiger partial charge is 0.467 e. The van der Waals surface area contributed by atoms with Crippen LogP contribution in [0.2, 0.25) is 0 Å². The molecule has 144 valence electrons. The first kappa shape index (κ1) is 21.1. The molecule has 0 spiro atoms. The number of ether oxygens (including phenoxy) is 3. The van der Waals surface area contributed by atoms with Crippen molar-refractivity contribution in [2.45, 2.75) is 71.2 Å². The molecule has 0 aromatic heterocycles. The number of hydrogen-bond donors (Lipinski definition) is 0. The molecule has 0 aromatic carbocycles. The van der Waals surface area contributed by atoms with Crippen LogP contribution in [0, 0.1) is 0 Å². The second-order valence-electron chi connectivity index (χ2n) is 8.15. The Labute approximate surface area is 149 Å². The smallest absolute Gasteiger partial charge is 0.411 e. The predicted octanol–water partition coefficient (Wildman–Crippen LogP) is 2.40. The van der Waals surface area contributed by atoms with Crippen LogP contribution >= 0.6 is 0 Å². The number of rotatable bonds is 2. The Morgan fingerprint density at radius 2 is 1.52 bits per heavy atom. The molecule has 2 amide bonds. The Balaban J connectivity index is 2.91. The number of esters is 1. The summed E-state index contributed by atoms with van der Waals surface area (Å²) in [6, 6.07) is -1.17. The number of methoxy groups -OCH3 is 1. The third-order valence-electron chi connectivity index (χ3n) is 3.61. The third-order valence-corrected chi connectivity index (χ3v) is 3.61. The highest BCUT2D eigenvalue weighted by Gasteiger charge is 2.44. The Kier molecular flexibility index (Phi) is 6.31. The van der Waals surface area contributed by atoms with Crippen LogP contribution in [0.3, 0.4) is 0 Å². The molecular weight excluding hydrogens is 328 g/mol. The quantitative estimate of drug-likeness (QED) is 0.557. The highest BCUT2D eigenvalue weighted by molar-refractivity contribution is 5.82. The van der Waals surface area contributed by atoms with Crippen molar-refractivity contribution in [3.8, 4) is 0 Å². The van der Waals surface area contributed by atoms with E-state index < -0.39 is 35.4 Å². The Morgan fingerprint density at radius 1 is 1.00 bits per heavy atom. The van der Waals surface area contributed by atoms with Crippen LogP contribution in [-0.2, 0) is 19.0 Å². The van der Waals surface area contributed by atoms with Crippen LogP contribution in [0.25, 0.3) is 0 Å². The summed E-state index contributed by atoms with van der Waals surface area (Å²) in [5.74, 6) is -0.536. The molecule has 8 nitrogen and oxygen atoms in total. The minimum Gasteiger partial charge on any atom is -0.467 e. The van der Waals surface area contributed by atoms with Gasteiger partial charge < -0.3 is 19.1 Å². The van der Waals surface area contributed by atoms with Gasteiger partial charge in [0, 0.05) is 20.0 Å². The summed E-state index contributed by atoms with van der Waals surface area (Å²) in [4.78, 5) is 39.4. The van der Waals surface area contributed by atoms with Gasteiger partial charge in [0.05, 0.1) is 13.2 Å². The highest BCUT2D eigenvalue weighted by atomic mass is 16.6. The maximum Gasteiger partial charge on any atom is 0.411 e. The van der Waals surface area contributed by atoms with Gasteiger partial charge in [-0.25, -0.2) is 14.4 Å². The molecule has 0 unspecified atom stereocenters. The lowest BCUT2D eigenvalue weighted by Gasteiger charge is -2.29. The summed E-state index contributed by atoms with van der Waals surface area (Å²) in [6.07, 6.45) is -0.850. The summed E-state index contributed by atoms with van der Waals surface area (Å²) < 4.78 is 15.5. The normalized spacial score (nSPS) is 20.9. The monoisotopic (exact) mass is 358 g/mol. The SMILES string of the molecule is COC(=O)[C@@H]1C[C@@H](N(C)C(=O)OC(C)(C)C)CN1C(=O)OC(C)(C)C. The van der Waals surface area contributed by atoms with Gasteiger partial charge in [0.15, 0.2) is 0 Å². The Morgan fingerprint density at radius 3 is 1.96 bits per heavy atom. The van der Waals surface area contributed by atoms with Gasteiger partial charge in [-0.15, -0.1) is 0 Å². The van der Waals surface area contributed by atoms with Gasteiger partial charge in [0.25, 0.3) is 0 Å². The molecule has 0 aromatic rings. The molecule has 0 radical (unpaired) electrons. The second kappa shape index (κ2) is 7.49. The van der Waals surface area contributed by atoms with E-state index in [1.54, 1.807) is 48.6 Å². The first-order valence-corrected chi connectivity index (χ1v) is 8.28. The molecule has 0 saturated carbocycles. The van der Waals surface area contributed by atoms with Crippen LogP contribution in [0.4, 0.5) is 9.59 Å². The molecule has 1 saturated heterocycles. The van der Waals surface area contributed by atoms with Crippen molar-refractivity contribution in [1.29, 1.82) is 0 Å². The van der Waals surface area contributed by atoms with Crippen molar-refractivity contribution in [3.63, 3.8) is 0 Å². The standard InChI is InChI=1S/C17H30N2O6/c1-16(2,3)24-14(21)18(7)11-9-12(13(20)23-8)19(10-11)15(22)25-17(4,5)6/h11-12H,9-10H2,1-8H3/t11-,12+/m1/s1. The van der Waals surface area contributed by atoms with Crippen molar-refractivity contribution >= 4 is 18.2 Å². The maximum atomic E-state index is 12.4. The lowest BCUT2D eigenvalue weighted by atomic mass is 10.1. The van der Waals surface area contributed by atoms with E-state index in [1.807, 2.05) is 0 Å². The molecule has 0 aliphatic carbocycles. The van der Waals surface area contributed by atoms with E-state index in [-0.39, 0.29) is 19.0 Å². The van der Waals surface area contributed by atoms with Crippen molar-refractivity contribution in [2.75, 3.05) is 20.7 Å². The molecular formula is C17H30N2O6. The van der Waals surface area contributed by atoms with Crippen LogP contribution in [0.1, 0.15) is 48.0 Å². The summed E-state index contributed by atoms with van der Waals surface area (Å²) in [5.41, 5.74) is -1.32. The zero-order valence-electron chi connectivity index (χ0n) is 16.4. The molecule has 1 heterocycles. The average Bonchev–Trinajstić information content (AvgIpc) is 2.87. The van der Waals surface area contributed by atoms with Gasteiger partial charge in [-0.1, -0.05) is 0 Å².